The molecule has 3 rings (SSSR count). The van der Waals surface area contributed by atoms with Crippen LogP contribution in [-0.4, -0.2) is 18.6 Å². The van der Waals surface area contributed by atoms with Gasteiger partial charge in [0, 0.05) is 18.1 Å². The number of pyridine rings is 1. The molecule has 0 aliphatic rings. The average molecular weight is 303 g/mol. The normalized spacial score (nSPS) is 10.3. The summed E-state index contributed by atoms with van der Waals surface area (Å²) in [4.78, 5) is 4.32. The van der Waals surface area contributed by atoms with E-state index in [1.165, 1.54) is 5.56 Å². The molecule has 4 heteroatoms. The number of hydrogen-bond acceptors (Lipinski definition) is 4. The van der Waals surface area contributed by atoms with Crippen LogP contribution in [0.25, 0.3) is 10.9 Å². The van der Waals surface area contributed by atoms with Crippen LogP contribution >= 0.6 is 0 Å². The van der Waals surface area contributed by atoms with Gasteiger partial charge in [0.05, 0.1) is 23.9 Å². The number of ether oxygens (including phenoxy) is 1. The topological polar surface area (TPSA) is 57.9 Å². The summed E-state index contributed by atoms with van der Waals surface area (Å²) in [6.07, 6.45) is 2.47. The number of methoxy groups -OCH3 is 1. The van der Waals surface area contributed by atoms with Gasteiger partial charge in [0.1, 0.15) is 11.8 Å². The van der Waals surface area contributed by atoms with Crippen molar-refractivity contribution in [3.63, 3.8) is 0 Å². The maximum absolute atomic E-state index is 9.32. The van der Waals surface area contributed by atoms with E-state index in [1.807, 2.05) is 42.5 Å². The Balaban J connectivity index is 1.80. The van der Waals surface area contributed by atoms with Gasteiger partial charge in [0.25, 0.3) is 0 Å². The molecular weight excluding hydrogens is 286 g/mol. The largest absolute Gasteiger partial charge is 0.497 e. The molecule has 2 aromatic carbocycles. The molecule has 0 fully saturated rings. The summed E-state index contributed by atoms with van der Waals surface area (Å²) in [6, 6.07) is 18.1. The number of para-hydroxylation sites is 1. The van der Waals surface area contributed by atoms with Gasteiger partial charge in [-0.25, -0.2) is 0 Å². The predicted molar refractivity (Wildman–Crippen MR) is 91.6 cm³/mol. The second-order valence-corrected chi connectivity index (χ2v) is 5.20. The van der Waals surface area contributed by atoms with Crippen molar-refractivity contribution in [2.75, 3.05) is 19.0 Å². The molecule has 0 spiro atoms. The zero-order valence-electron chi connectivity index (χ0n) is 12.9. The number of aromatic nitrogens is 1. The Hall–Kier alpha value is -3.06. The number of nitrogens with one attached hydrogen (secondary N) is 1. The summed E-state index contributed by atoms with van der Waals surface area (Å²) in [5, 5.41) is 13.7. The summed E-state index contributed by atoms with van der Waals surface area (Å²) in [6.45, 7) is 0.732. The van der Waals surface area contributed by atoms with Crippen molar-refractivity contribution < 1.29 is 4.74 Å². The Bertz CT molecular complexity index is 868. The molecular formula is C19H17N3O. The lowest BCUT2D eigenvalue weighted by Gasteiger charge is -2.11. The van der Waals surface area contributed by atoms with Crippen molar-refractivity contribution in [2.24, 2.45) is 0 Å². The van der Waals surface area contributed by atoms with Crippen LogP contribution in [0, 0.1) is 11.3 Å². The molecule has 0 saturated carbocycles. The first-order chi connectivity index (χ1) is 11.3. The Morgan fingerprint density at radius 3 is 2.87 bits per heavy atom. The minimum atomic E-state index is 0.564. The van der Waals surface area contributed by atoms with Crippen LogP contribution in [0.4, 0.5) is 5.69 Å². The molecule has 0 bridgehead atoms. The Labute approximate surface area is 135 Å². The molecule has 0 amide bonds. The van der Waals surface area contributed by atoms with Crippen molar-refractivity contribution in [1.82, 2.24) is 4.98 Å². The predicted octanol–water partition coefficient (Wildman–Crippen LogP) is 3.77. The zero-order chi connectivity index (χ0) is 16.1. The maximum atomic E-state index is 9.32. The number of nitrogens with zero attached hydrogens (tertiary/aromatic N) is 2. The van der Waals surface area contributed by atoms with Gasteiger partial charge in [-0.15, -0.1) is 0 Å². The third-order valence-electron chi connectivity index (χ3n) is 3.75. The average Bonchev–Trinajstić information content (AvgIpc) is 2.62. The SMILES string of the molecule is COc1cccc(CCNc2c(C#N)cnc3ccccc23)c1. The molecule has 4 nitrogen and oxygen atoms in total. The van der Waals surface area contributed by atoms with E-state index < -0.39 is 0 Å². The van der Waals surface area contributed by atoms with E-state index in [-0.39, 0.29) is 0 Å². The molecule has 0 saturated heterocycles. The molecule has 0 unspecified atom stereocenters. The van der Waals surface area contributed by atoms with E-state index in [1.54, 1.807) is 13.3 Å². The summed E-state index contributed by atoms with van der Waals surface area (Å²) in [7, 11) is 1.67. The fourth-order valence-corrected chi connectivity index (χ4v) is 2.58. The van der Waals surface area contributed by atoms with Crippen LogP contribution in [0.1, 0.15) is 11.1 Å². The monoisotopic (exact) mass is 303 g/mol. The van der Waals surface area contributed by atoms with Gasteiger partial charge in [-0.2, -0.15) is 5.26 Å². The number of rotatable bonds is 5. The Kier molecular flexibility index (Phi) is 4.39. The fraction of sp³-hybridized carbons (Fsp3) is 0.158. The quantitative estimate of drug-likeness (QED) is 0.779. The van der Waals surface area contributed by atoms with Crippen molar-refractivity contribution >= 4 is 16.6 Å². The van der Waals surface area contributed by atoms with E-state index in [4.69, 9.17) is 4.74 Å². The van der Waals surface area contributed by atoms with Crippen molar-refractivity contribution in [2.45, 2.75) is 6.42 Å². The van der Waals surface area contributed by atoms with Gasteiger partial charge in [-0.05, 0) is 30.2 Å². The van der Waals surface area contributed by atoms with Crippen LogP contribution in [-0.2, 0) is 6.42 Å². The van der Waals surface area contributed by atoms with E-state index >= 15 is 0 Å². The number of fused-ring (bicyclic) bond motifs is 1. The highest BCUT2D eigenvalue weighted by atomic mass is 16.5. The van der Waals surface area contributed by atoms with Gasteiger partial charge >= 0.3 is 0 Å². The minimum Gasteiger partial charge on any atom is -0.497 e. The number of nitriles is 1. The maximum Gasteiger partial charge on any atom is 0.119 e. The van der Waals surface area contributed by atoms with Gasteiger partial charge in [-0.3, -0.25) is 4.98 Å². The highest BCUT2D eigenvalue weighted by Gasteiger charge is 2.08. The van der Waals surface area contributed by atoms with Crippen LogP contribution in [0.15, 0.2) is 54.7 Å². The lowest BCUT2D eigenvalue weighted by atomic mass is 10.1. The standard InChI is InChI=1S/C19H17N3O/c1-23-16-6-4-5-14(11-16)9-10-21-19-15(12-20)13-22-18-8-3-2-7-17(18)19/h2-8,11,13H,9-10H2,1H3,(H,21,22). The third kappa shape index (κ3) is 3.24. The van der Waals surface area contributed by atoms with Gasteiger partial charge in [0.15, 0.2) is 0 Å². The lowest BCUT2D eigenvalue weighted by molar-refractivity contribution is 0.414. The molecule has 1 aromatic heterocycles. The molecule has 0 atom stereocenters. The number of anilines is 1. The van der Waals surface area contributed by atoms with Gasteiger partial charge in [0.2, 0.25) is 0 Å². The van der Waals surface area contributed by atoms with Gasteiger partial charge < -0.3 is 10.1 Å². The highest BCUT2D eigenvalue weighted by Crippen LogP contribution is 2.25. The highest BCUT2D eigenvalue weighted by molar-refractivity contribution is 5.93. The van der Waals surface area contributed by atoms with E-state index in [9.17, 15) is 5.26 Å². The summed E-state index contributed by atoms with van der Waals surface area (Å²) in [5.41, 5.74) is 3.49. The molecule has 3 aromatic rings. The lowest BCUT2D eigenvalue weighted by Crippen LogP contribution is -2.07. The van der Waals surface area contributed by atoms with E-state index in [2.05, 4.69) is 22.4 Å². The Morgan fingerprint density at radius 1 is 1.17 bits per heavy atom. The van der Waals surface area contributed by atoms with E-state index in [0.717, 1.165) is 35.3 Å². The second-order valence-electron chi connectivity index (χ2n) is 5.20. The van der Waals surface area contributed by atoms with Crippen molar-refractivity contribution in [1.29, 1.82) is 5.26 Å². The first kappa shape index (κ1) is 14.9. The molecule has 1 N–H and O–H groups in total. The van der Waals surface area contributed by atoms with Gasteiger partial charge in [-0.1, -0.05) is 30.3 Å². The number of hydrogen-bond donors (Lipinski definition) is 1. The van der Waals surface area contributed by atoms with Crippen molar-refractivity contribution in [3.05, 3.63) is 65.9 Å². The van der Waals surface area contributed by atoms with Crippen molar-refractivity contribution in [3.8, 4) is 11.8 Å². The first-order valence-corrected chi connectivity index (χ1v) is 7.46. The summed E-state index contributed by atoms with van der Waals surface area (Å²) < 4.78 is 5.24. The van der Waals surface area contributed by atoms with Crippen LogP contribution < -0.4 is 10.1 Å². The molecule has 0 radical (unpaired) electrons. The molecule has 23 heavy (non-hydrogen) atoms. The summed E-state index contributed by atoms with van der Waals surface area (Å²) >= 11 is 0. The molecule has 114 valence electrons. The molecule has 0 aliphatic carbocycles. The zero-order valence-corrected chi connectivity index (χ0v) is 12.9. The third-order valence-corrected chi connectivity index (χ3v) is 3.75. The minimum absolute atomic E-state index is 0.564. The smallest absolute Gasteiger partial charge is 0.119 e. The Morgan fingerprint density at radius 2 is 2.04 bits per heavy atom. The molecule has 1 heterocycles. The molecule has 0 aliphatic heterocycles. The second kappa shape index (κ2) is 6.80. The number of benzene rings is 2. The van der Waals surface area contributed by atoms with Crippen LogP contribution in [0.5, 0.6) is 5.75 Å². The fourth-order valence-electron chi connectivity index (χ4n) is 2.58. The first-order valence-electron chi connectivity index (χ1n) is 7.46. The van der Waals surface area contributed by atoms with Crippen LogP contribution in [0.3, 0.4) is 0 Å². The van der Waals surface area contributed by atoms with E-state index in [0.29, 0.717) is 5.56 Å². The summed E-state index contributed by atoms with van der Waals surface area (Å²) in [5.74, 6) is 0.856. The van der Waals surface area contributed by atoms with Crippen LogP contribution in [0.2, 0.25) is 0 Å².